The van der Waals surface area contributed by atoms with Crippen molar-refractivity contribution in [1.82, 2.24) is 4.98 Å². The Balaban J connectivity index is 2.35. The molecule has 0 saturated carbocycles. The lowest BCUT2D eigenvalue weighted by Gasteiger charge is -2.10. The van der Waals surface area contributed by atoms with Crippen LogP contribution in [0.2, 0.25) is 0 Å². The van der Waals surface area contributed by atoms with Crippen LogP contribution in [0.15, 0.2) is 36.5 Å². The first-order valence-electron chi connectivity index (χ1n) is 5.62. The summed E-state index contributed by atoms with van der Waals surface area (Å²) in [6, 6.07) is 6.05. The molecule has 0 amide bonds. The average molecular weight is 298 g/mol. The minimum Gasteiger partial charge on any atom is -0.478 e. The molecular weight excluding hydrogens is 289 g/mol. The Hall–Kier alpha value is -2.77. The molecule has 0 bridgehead atoms. The first-order chi connectivity index (χ1) is 9.78. The molecule has 2 rings (SSSR count). The average Bonchev–Trinajstić information content (AvgIpc) is 2.38. The Morgan fingerprint density at radius 2 is 1.81 bits per heavy atom. The monoisotopic (exact) mass is 298 g/mol. The van der Waals surface area contributed by atoms with Crippen molar-refractivity contribution in [3.63, 3.8) is 0 Å². The maximum Gasteiger partial charge on any atom is 0.573 e. The van der Waals surface area contributed by atoms with E-state index >= 15 is 0 Å². The molecule has 1 aromatic carbocycles. The molecule has 1 aromatic heterocycles. The molecule has 0 saturated heterocycles. The van der Waals surface area contributed by atoms with Gasteiger partial charge < -0.3 is 15.6 Å². The number of nitrogens with zero attached hydrogens (tertiary/aromatic N) is 1. The molecular formula is C13H9F3N2O3. The van der Waals surface area contributed by atoms with Crippen LogP contribution in [-0.2, 0) is 0 Å². The zero-order valence-electron chi connectivity index (χ0n) is 10.4. The van der Waals surface area contributed by atoms with E-state index in [1.54, 1.807) is 0 Å². The van der Waals surface area contributed by atoms with Crippen molar-refractivity contribution in [3.05, 3.63) is 42.1 Å². The van der Waals surface area contributed by atoms with Gasteiger partial charge in [0.2, 0.25) is 0 Å². The van der Waals surface area contributed by atoms with Gasteiger partial charge in [-0.25, -0.2) is 4.79 Å². The van der Waals surface area contributed by atoms with Gasteiger partial charge in [0.25, 0.3) is 0 Å². The van der Waals surface area contributed by atoms with Crippen LogP contribution in [0, 0.1) is 0 Å². The topological polar surface area (TPSA) is 85.4 Å². The van der Waals surface area contributed by atoms with E-state index in [4.69, 9.17) is 10.8 Å². The number of ether oxygens (including phenoxy) is 1. The fourth-order valence-electron chi connectivity index (χ4n) is 1.70. The minimum absolute atomic E-state index is 0.0607. The predicted molar refractivity (Wildman–Crippen MR) is 67.7 cm³/mol. The molecule has 1 heterocycles. The van der Waals surface area contributed by atoms with E-state index in [0.717, 1.165) is 12.1 Å². The first kappa shape index (κ1) is 14.6. The minimum atomic E-state index is -4.78. The second kappa shape index (κ2) is 5.31. The molecule has 3 N–H and O–H groups in total. The summed E-state index contributed by atoms with van der Waals surface area (Å²) in [5, 5.41) is 8.96. The second-order valence-electron chi connectivity index (χ2n) is 4.00. The highest BCUT2D eigenvalue weighted by Gasteiger charge is 2.31. The van der Waals surface area contributed by atoms with Crippen molar-refractivity contribution in [2.75, 3.05) is 5.73 Å². The summed E-state index contributed by atoms with van der Waals surface area (Å²) in [6.07, 6.45) is -3.52. The van der Waals surface area contributed by atoms with E-state index in [1.807, 2.05) is 0 Å². The Morgan fingerprint density at radius 3 is 2.33 bits per heavy atom. The predicted octanol–water partition coefficient (Wildman–Crippen LogP) is 2.93. The normalized spacial score (nSPS) is 11.2. The summed E-state index contributed by atoms with van der Waals surface area (Å²) in [6.45, 7) is 0. The maximum absolute atomic E-state index is 12.1. The van der Waals surface area contributed by atoms with Gasteiger partial charge in [0.15, 0.2) is 0 Å². The number of hydrogen-bond donors (Lipinski definition) is 2. The number of anilines is 1. The third-order valence-corrected chi connectivity index (χ3v) is 2.58. The van der Waals surface area contributed by atoms with E-state index in [-0.39, 0.29) is 22.7 Å². The Morgan fingerprint density at radius 1 is 1.19 bits per heavy atom. The van der Waals surface area contributed by atoms with Gasteiger partial charge in [0.05, 0.1) is 16.9 Å². The van der Waals surface area contributed by atoms with E-state index in [1.165, 1.54) is 24.4 Å². The van der Waals surface area contributed by atoms with Crippen LogP contribution < -0.4 is 10.5 Å². The molecule has 0 aliphatic carbocycles. The van der Waals surface area contributed by atoms with E-state index in [2.05, 4.69) is 9.72 Å². The number of aromatic carboxylic acids is 1. The molecule has 0 aliphatic heterocycles. The molecule has 5 nitrogen and oxygen atoms in total. The number of nitrogens with two attached hydrogens (primary N) is 1. The first-order valence-corrected chi connectivity index (χ1v) is 5.62. The highest BCUT2D eigenvalue weighted by Crippen LogP contribution is 2.29. The van der Waals surface area contributed by atoms with E-state index in [9.17, 15) is 18.0 Å². The number of hydrogen-bond acceptors (Lipinski definition) is 4. The maximum atomic E-state index is 12.1. The summed E-state index contributed by atoms with van der Waals surface area (Å²) < 4.78 is 39.9. The van der Waals surface area contributed by atoms with Gasteiger partial charge in [0.1, 0.15) is 5.75 Å². The number of carboxylic acid groups (broad SMARTS) is 1. The fraction of sp³-hybridized carbons (Fsp3) is 0.0769. The number of halogens is 3. The molecule has 0 unspecified atom stereocenters. The molecule has 0 spiro atoms. The zero-order valence-corrected chi connectivity index (χ0v) is 10.4. The van der Waals surface area contributed by atoms with Crippen LogP contribution in [-0.4, -0.2) is 22.4 Å². The quantitative estimate of drug-likeness (QED) is 0.910. The fourth-order valence-corrected chi connectivity index (χ4v) is 1.70. The zero-order chi connectivity index (χ0) is 15.6. The number of carboxylic acids is 1. The summed E-state index contributed by atoms with van der Waals surface area (Å²) in [7, 11) is 0. The molecule has 0 radical (unpaired) electrons. The SMILES string of the molecule is Nc1c(C(=O)O)ccnc1-c1ccc(OC(F)(F)F)cc1. The standard InChI is InChI=1S/C13H9F3N2O3/c14-13(15,16)21-8-3-1-7(2-4-8)11-10(17)9(12(19)20)5-6-18-11/h1-6H,17H2,(H,19,20). The van der Waals surface area contributed by atoms with E-state index in [0.29, 0.717) is 5.56 Å². The third-order valence-electron chi connectivity index (χ3n) is 2.58. The van der Waals surface area contributed by atoms with Gasteiger partial charge >= 0.3 is 12.3 Å². The molecule has 0 aliphatic rings. The molecule has 0 atom stereocenters. The van der Waals surface area contributed by atoms with Crippen molar-refractivity contribution in [2.24, 2.45) is 0 Å². The molecule has 2 aromatic rings. The Kier molecular flexibility index (Phi) is 3.70. The van der Waals surface area contributed by atoms with Crippen LogP contribution >= 0.6 is 0 Å². The van der Waals surface area contributed by atoms with Gasteiger partial charge in [-0.3, -0.25) is 4.98 Å². The third kappa shape index (κ3) is 3.41. The number of aromatic nitrogens is 1. The number of nitrogen functional groups attached to an aromatic ring is 1. The van der Waals surface area contributed by atoms with Crippen molar-refractivity contribution >= 4 is 11.7 Å². The van der Waals surface area contributed by atoms with Crippen molar-refractivity contribution in [3.8, 4) is 17.0 Å². The Labute approximate surface area is 116 Å². The van der Waals surface area contributed by atoms with Crippen molar-refractivity contribution < 1.29 is 27.8 Å². The Bertz CT molecular complexity index is 669. The van der Waals surface area contributed by atoms with Crippen LogP contribution in [0.1, 0.15) is 10.4 Å². The molecule has 0 fully saturated rings. The van der Waals surface area contributed by atoms with E-state index < -0.39 is 12.3 Å². The lowest BCUT2D eigenvalue weighted by Crippen LogP contribution is -2.16. The van der Waals surface area contributed by atoms with Crippen LogP contribution in [0.5, 0.6) is 5.75 Å². The number of carbonyl (C=O) groups is 1. The lowest BCUT2D eigenvalue weighted by atomic mass is 10.1. The summed E-state index contributed by atoms with van der Waals surface area (Å²) in [5.41, 5.74) is 6.07. The second-order valence-corrected chi connectivity index (χ2v) is 4.00. The highest BCUT2D eigenvalue weighted by molar-refractivity contribution is 5.97. The summed E-state index contributed by atoms with van der Waals surface area (Å²) in [5.74, 6) is -1.60. The van der Waals surface area contributed by atoms with Gasteiger partial charge in [-0.15, -0.1) is 13.2 Å². The van der Waals surface area contributed by atoms with Crippen molar-refractivity contribution in [2.45, 2.75) is 6.36 Å². The van der Waals surface area contributed by atoms with Crippen molar-refractivity contribution in [1.29, 1.82) is 0 Å². The van der Waals surface area contributed by atoms with Gasteiger partial charge in [-0.05, 0) is 30.3 Å². The van der Waals surface area contributed by atoms with Crippen LogP contribution in [0.3, 0.4) is 0 Å². The number of rotatable bonds is 3. The largest absolute Gasteiger partial charge is 0.573 e. The summed E-state index contributed by atoms with van der Waals surface area (Å²) >= 11 is 0. The van der Waals surface area contributed by atoms with Gasteiger partial charge in [-0.1, -0.05) is 0 Å². The smallest absolute Gasteiger partial charge is 0.478 e. The van der Waals surface area contributed by atoms with Crippen LogP contribution in [0.25, 0.3) is 11.3 Å². The van der Waals surface area contributed by atoms with Gasteiger partial charge in [-0.2, -0.15) is 0 Å². The summed E-state index contributed by atoms with van der Waals surface area (Å²) in [4.78, 5) is 14.9. The van der Waals surface area contributed by atoms with Gasteiger partial charge in [0, 0.05) is 11.8 Å². The number of alkyl halides is 3. The lowest BCUT2D eigenvalue weighted by molar-refractivity contribution is -0.274. The molecule has 21 heavy (non-hydrogen) atoms. The number of pyridine rings is 1. The molecule has 8 heteroatoms. The number of benzene rings is 1. The highest BCUT2D eigenvalue weighted by atomic mass is 19.4. The van der Waals surface area contributed by atoms with Crippen LogP contribution in [0.4, 0.5) is 18.9 Å². The molecule has 110 valence electrons.